The Hall–Kier alpha value is -4.50. The number of carbonyl (C=O) groups excluding carboxylic acids is 1. The van der Waals surface area contributed by atoms with Gasteiger partial charge in [-0.1, -0.05) is 68.9 Å². The van der Waals surface area contributed by atoms with Crippen LogP contribution in [0.4, 0.5) is 0 Å². The van der Waals surface area contributed by atoms with Crippen LogP contribution in [0.3, 0.4) is 0 Å². The number of carbonyl (C=O) groups is 2. The number of esters is 1. The fourth-order valence-electron chi connectivity index (χ4n) is 5.22. The molecule has 5 rings (SSSR count). The molecule has 4 aromatic rings. The van der Waals surface area contributed by atoms with E-state index in [1.54, 1.807) is 47.9 Å². The first kappa shape index (κ1) is 30.0. The van der Waals surface area contributed by atoms with Crippen LogP contribution in [-0.4, -0.2) is 28.2 Å². The molecule has 0 saturated carbocycles. The molecule has 0 aliphatic carbocycles. The Bertz CT molecular complexity index is 1910. The molecule has 1 atom stereocenters. The minimum absolute atomic E-state index is 0.161. The van der Waals surface area contributed by atoms with E-state index in [9.17, 15) is 19.5 Å². The summed E-state index contributed by atoms with van der Waals surface area (Å²) in [6, 6.07) is 15.7. The quantitative estimate of drug-likeness (QED) is 0.238. The van der Waals surface area contributed by atoms with E-state index < -0.39 is 18.0 Å². The minimum Gasteiger partial charge on any atom is -0.478 e. The van der Waals surface area contributed by atoms with Gasteiger partial charge in [0.05, 0.1) is 34.0 Å². The van der Waals surface area contributed by atoms with Crippen LogP contribution >= 0.6 is 11.3 Å². The Morgan fingerprint density at radius 3 is 2.51 bits per heavy atom. The second-order valence-corrected chi connectivity index (χ2v) is 11.8. The highest BCUT2D eigenvalue weighted by Gasteiger charge is 2.34. The second-order valence-electron chi connectivity index (χ2n) is 10.8. The van der Waals surface area contributed by atoms with E-state index in [0.29, 0.717) is 50.0 Å². The molecule has 3 heterocycles. The average Bonchev–Trinajstić information content (AvgIpc) is 3.56. The third-order valence-corrected chi connectivity index (χ3v) is 8.44. The molecule has 9 heteroatoms. The van der Waals surface area contributed by atoms with Crippen molar-refractivity contribution in [2.75, 3.05) is 6.61 Å². The number of rotatable bonds is 9. The summed E-state index contributed by atoms with van der Waals surface area (Å²) in [5, 5.41) is 9.42. The summed E-state index contributed by atoms with van der Waals surface area (Å²) in [6.07, 6.45) is 3.00. The van der Waals surface area contributed by atoms with Gasteiger partial charge in [-0.05, 0) is 67.1 Å². The number of aryl methyl sites for hydroxylation is 1. The van der Waals surface area contributed by atoms with Gasteiger partial charge in [-0.15, -0.1) is 0 Å². The molecule has 0 saturated heterocycles. The lowest BCUT2D eigenvalue weighted by molar-refractivity contribution is -0.139. The summed E-state index contributed by atoms with van der Waals surface area (Å²) in [6.45, 7) is 10.1. The van der Waals surface area contributed by atoms with Crippen LogP contribution < -0.4 is 14.9 Å². The molecule has 0 radical (unpaired) electrons. The molecule has 222 valence electrons. The van der Waals surface area contributed by atoms with Crippen LogP contribution in [0.5, 0.6) is 0 Å². The van der Waals surface area contributed by atoms with Crippen LogP contribution in [0.15, 0.2) is 80.1 Å². The summed E-state index contributed by atoms with van der Waals surface area (Å²) >= 11 is 1.24. The molecule has 0 bridgehead atoms. The maximum Gasteiger partial charge on any atom is 0.338 e. The smallest absolute Gasteiger partial charge is 0.338 e. The maximum atomic E-state index is 14.0. The van der Waals surface area contributed by atoms with Crippen LogP contribution in [-0.2, 0) is 9.53 Å². The van der Waals surface area contributed by atoms with Gasteiger partial charge in [-0.3, -0.25) is 9.36 Å². The topological polar surface area (TPSA) is 111 Å². The fraction of sp³-hybridized carbons (Fsp3) is 0.294. The maximum absolute atomic E-state index is 14.0. The Balaban J connectivity index is 1.66. The zero-order chi connectivity index (χ0) is 30.8. The van der Waals surface area contributed by atoms with Crippen LogP contribution in [0, 0.1) is 6.92 Å². The van der Waals surface area contributed by atoms with Gasteiger partial charge in [0.2, 0.25) is 0 Å². The van der Waals surface area contributed by atoms with Crippen LogP contribution in [0.2, 0.25) is 0 Å². The highest BCUT2D eigenvalue weighted by Crippen LogP contribution is 2.33. The zero-order valence-corrected chi connectivity index (χ0v) is 25.7. The van der Waals surface area contributed by atoms with Crippen molar-refractivity contribution in [3.8, 4) is 11.3 Å². The first-order chi connectivity index (χ1) is 20.6. The Morgan fingerprint density at radius 2 is 1.86 bits per heavy atom. The standard InChI is InChI=1S/C34H34N2O6S/c1-6-8-26-29(33(40)41-7-2)30(22-13-11-21(12-14-22)19(3)4)36-31(37)28(43-34(36)35-26)18-24-15-16-27(42-24)25-17-23(32(38)39)10-9-20(25)5/h9-19,30H,6-8H2,1-5H3,(H,38,39)/b28-18-/t30-/m0/s1. The predicted octanol–water partition coefficient (Wildman–Crippen LogP) is 5.97. The summed E-state index contributed by atoms with van der Waals surface area (Å²) in [5.41, 5.74) is 4.37. The summed E-state index contributed by atoms with van der Waals surface area (Å²) in [5.74, 6) is -0.224. The molecule has 2 aromatic carbocycles. The highest BCUT2D eigenvalue weighted by atomic mass is 32.1. The first-order valence-electron chi connectivity index (χ1n) is 14.4. The summed E-state index contributed by atoms with van der Waals surface area (Å²) < 4.78 is 13.5. The molecule has 0 spiro atoms. The Morgan fingerprint density at radius 1 is 1.12 bits per heavy atom. The molecular weight excluding hydrogens is 564 g/mol. The van der Waals surface area contributed by atoms with Crippen molar-refractivity contribution < 1.29 is 23.8 Å². The number of aromatic carboxylic acids is 1. The summed E-state index contributed by atoms with van der Waals surface area (Å²) in [4.78, 5) is 44.2. The lowest BCUT2D eigenvalue weighted by atomic mass is 9.92. The van der Waals surface area contributed by atoms with Gasteiger partial charge in [0.25, 0.3) is 5.56 Å². The van der Waals surface area contributed by atoms with Gasteiger partial charge < -0.3 is 14.3 Å². The van der Waals surface area contributed by atoms with Crippen molar-refractivity contribution in [1.29, 1.82) is 0 Å². The number of hydrogen-bond acceptors (Lipinski definition) is 7. The van der Waals surface area contributed by atoms with Gasteiger partial charge in [-0.2, -0.15) is 0 Å². The van der Waals surface area contributed by atoms with Crippen molar-refractivity contribution >= 4 is 29.4 Å². The molecule has 8 nitrogen and oxygen atoms in total. The lowest BCUT2D eigenvalue weighted by Crippen LogP contribution is -2.40. The lowest BCUT2D eigenvalue weighted by Gasteiger charge is -2.26. The summed E-state index contributed by atoms with van der Waals surface area (Å²) in [7, 11) is 0. The minimum atomic E-state index is -1.02. The van der Waals surface area contributed by atoms with Gasteiger partial charge in [0.1, 0.15) is 11.5 Å². The number of allylic oxidation sites excluding steroid dienone is 1. The molecule has 1 aliphatic rings. The van der Waals surface area contributed by atoms with Gasteiger partial charge >= 0.3 is 11.9 Å². The molecule has 0 amide bonds. The Labute approximate surface area is 253 Å². The number of ether oxygens (including phenoxy) is 1. The molecule has 1 aliphatic heterocycles. The van der Waals surface area contributed by atoms with E-state index in [1.165, 1.54) is 11.3 Å². The number of carboxylic acids is 1. The number of carboxylic acid groups (broad SMARTS) is 1. The van der Waals surface area contributed by atoms with Crippen molar-refractivity contribution in [3.63, 3.8) is 0 Å². The third-order valence-electron chi connectivity index (χ3n) is 7.46. The Kier molecular flexibility index (Phi) is 8.64. The van der Waals surface area contributed by atoms with E-state index in [0.717, 1.165) is 23.1 Å². The number of furan rings is 1. The fourth-order valence-corrected chi connectivity index (χ4v) is 6.22. The van der Waals surface area contributed by atoms with Gasteiger partial charge in [0, 0.05) is 11.6 Å². The molecule has 2 aromatic heterocycles. The van der Waals surface area contributed by atoms with Crippen molar-refractivity contribution in [2.24, 2.45) is 4.99 Å². The van der Waals surface area contributed by atoms with Crippen LogP contribution in [0.25, 0.3) is 17.4 Å². The third kappa shape index (κ3) is 5.90. The van der Waals surface area contributed by atoms with E-state index in [-0.39, 0.29) is 17.7 Å². The van der Waals surface area contributed by atoms with Crippen molar-refractivity contribution in [1.82, 2.24) is 4.57 Å². The average molecular weight is 599 g/mol. The number of thiazole rings is 1. The number of benzene rings is 2. The molecule has 0 unspecified atom stereocenters. The van der Waals surface area contributed by atoms with Crippen molar-refractivity contribution in [2.45, 2.75) is 59.4 Å². The molecule has 43 heavy (non-hydrogen) atoms. The second kappa shape index (κ2) is 12.4. The van der Waals surface area contributed by atoms with E-state index in [2.05, 4.69) is 13.8 Å². The SMILES string of the molecule is CCCC1=C(C(=O)OCC)[C@H](c2ccc(C(C)C)cc2)n2c(s/c(=C\c3ccc(-c4cc(C(=O)O)ccc4C)o3)c2=O)=N1. The van der Waals surface area contributed by atoms with Crippen molar-refractivity contribution in [3.05, 3.63) is 114 Å². The molecule has 1 N–H and O–H groups in total. The monoisotopic (exact) mass is 598 g/mol. The number of fused-ring (bicyclic) bond motifs is 1. The highest BCUT2D eigenvalue weighted by molar-refractivity contribution is 7.07. The number of aromatic nitrogens is 1. The normalized spacial score (nSPS) is 15.0. The number of nitrogens with zero attached hydrogens (tertiary/aromatic N) is 2. The van der Waals surface area contributed by atoms with Gasteiger partial charge in [-0.25, -0.2) is 14.6 Å². The van der Waals surface area contributed by atoms with E-state index in [1.807, 2.05) is 38.1 Å². The van der Waals surface area contributed by atoms with E-state index >= 15 is 0 Å². The van der Waals surface area contributed by atoms with E-state index in [4.69, 9.17) is 14.1 Å². The zero-order valence-electron chi connectivity index (χ0n) is 24.8. The van der Waals surface area contributed by atoms with Gasteiger partial charge in [0.15, 0.2) is 4.80 Å². The molecular formula is C34H34N2O6S. The number of hydrogen-bond donors (Lipinski definition) is 1. The molecule has 0 fully saturated rings. The predicted molar refractivity (Wildman–Crippen MR) is 166 cm³/mol. The first-order valence-corrected chi connectivity index (χ1v) is 15.2. The van der Waals surface area contributed by atoms with Crippen LogP contribution in [0.1, 0.15) is 85.3 Å². The largest absolute Gasteiger partial charge is 0.478 e.